The standard InChI is InChI=1S/C23H33N3O5S/c1-6-30-21-13-10-19(16-22(21)31-7-2)14-15-24-23(27)17-26(32(28,29)25(4)5)20-11-8-18(3)9-12-20/h8-13,16H,6-7,14-15,17H2,1-5H3,(H,24,27). The van der Waals surface area contributed by atoms with Gasteiger partial charge in [0.25, 0.3) is 0 Å². The lowest BCUT2D eigenvalue weighted by Crippen LogP contribution is -2.46. The van der Waals surface area contributed by atoms with Crippen LogP contribution in [0.25, 0.3) is 0 Å². The Morgan fingerprint density at radius 1 is 0.969 bits per heavy atom. The van der Waals surface area contributed by atoms with E-state index < -0.39 is 10.2 Å². The van der Waals surface area contributed by atoms with E-state index in [9.17, 15) is 13.2 Å². The molecule has 0 bridgehead atoms. The molecule has 1 N–H and O–H groups in total. The van der Waals surface area contributed by atoms with Crippen molar-refractivity contribution in [1.29, 1.82) is 0 Å². The lowest BCUT2D eigenvalue weighted by Gasteiger charge is -2.27. The Hall–Kier alpha value is -2.78. The lowest BCUT2D eigenvalue weighted by atomic mass is 10.1. The highest BCUT2D eigenvalue weighted by molar-refractivity contribution is 7.90. The number of amides is 1. The van der Waals surface area contributed by atoms with E-state index in [1.54, 1.807) is 12.1 Å². The molecule has 0 fully saturated rings. The number of anilines is 1. The molecule has 0 unspecified atom stereocenters. The number of nitrogens with zero attached hydrogens (tertiary/aromatic N) is 2. The Morgan fingerprint density at radius 2 is 1.59 bits per heavy atom. The Morgan fingerprint density at radius 3 is 2.19 bits per heavy atom. The van der Waals surface area contributed by atoms with Gasteiger partial charge in [0.2, 0.25) is 5.91 Å². The number of hydrogen-bond acceptors (Lipinski definition) is 5. The zero-order valence-electron chi connectivity index (χ0n) is 19.4. The van der Waals surface area contributed by atoms with Gasteiger partial charge in [-0.25, -0.2) is 4.31 Å². The van der Waals surface area contributed by atoms with Crippen LogP contribution in [0.15, 0.2) is 42.5 Å². The first kappa shape index (κ1) is 25.5. The third-order valence-electron chi connectivity index (χ3n) is 4.69. The van der Waals surface area contributed by atoms with Crippen LogP contribution in [-0.2, 0) is 21.4 Å². The topological polar surface area (TPSA) is 88.2 Å². The fourth-order valence-electron chi connectivity index (χ4n) is 3.00. The summed E-state index contributed by atoms with van der Waals surface area (Å²) in [5.74, 6) is 0.970. The van der Waals surface area contributed by atoms with Crippen LogP contribution in [0.2, 0.25) is 0 Å². The van der Waals surface area contributed by atoms with E-state index in [0.29, 0.717) is 43.4 Å². The highest BCUT2D eigenvalue weighted by Crippen LogP contribution is 2.28. The smallest absolute Gasteiger partial charge is 0.304 e. The molecule has 0 aromatic heterocycles. The maximum absolute atomic E-state index is 12.8. The molecule has 0 atom stereocenters. The Bertz CT molecular complexity index is 991. The number of aryl methyl sites for hydroxylation is 1. The molecular weight excluding hydrogens is 430 g/mol. The van der Waals surface area contributed by atoms with E-state index >= 15 is 0 Å². The van der Waals surface area contributed by atoms with E-state index in [0.717, 1.165) is 19.7 Å². The van der Waals surface area contributed by atoms with E-state index in [1.165, 1.54) is 14.1 Å². The molecule has 2 aromatic carbocycles. The second-order valence-electron chi connectivity index (χ2n) is 7.38. The number of carbonyl (C=O) groups excluding carboxylic acids is 1. The first-order valence-corrected chi connectivity index (χ1v) is 12.0. The van der Waals surface area contributed by atoms with Crippen LogP contribution >= 0.6 is 0 Å². The largest absolute Gasteiger partial charge is 0.490 e. The normalized spacial score (nSPS) is 11.3. The van der Waals surface area contributed by atoms with Crippen LogP contribution in [0.4, 0.5) is 5.69 Å². The molecule has 0 aliphatic carbocycles. The number of carbonyl (C=O) groups is 1. The van der Waals surface area contributed by atoms with Crippen LogP contribution in [0, 0.1) is 6.92 Å². The van der Waals surface area contributed by atoms with Crippen molar-refractivity contribution in [2.75, 3.05) is 44.7 Å². The van der Waals surface area contributed by atoms with Gasteiger partial charge in [0, 0.05) is 20.6 Å². The van der Waals surface area contributed by atoms with E-state index in [1.807, 2.05) is 51.1 Å². The molecule has 0 saturated heterocycles. The van der Waals surface area contributed by atoms with Gasteiger partial charge in [0.1, 0.15) is 6.54 Å². The summed E-state index contributed by atoms with van der Waals surface area (Å²) in [6.45, 7) is 6.86. The summed E-state index contributed by atoms with van der Waals surface area (Å²) >= 11 is 0. The highest BCUT2D eigenvalue weighted by atomic mass is 32.2. The molecule has 0 heterocycles. The van der Waals surface area contributed by atoms with E-state index in [2.05, 4.69) is 5.32 Å². The molecule has 0 spiro atoms. The van der Waals surface area contributed by atoms with Crippen molar-refractivity contribution in [3.05, 3.63) is 53.6 Å². The van der Waals surface area contributed by atoms with Gasteiger partial charge in [-0.05, 0) is 57.0 Å². The van der Waals surface area contributed by atoms with Crippen molar-refractivity contribution in [2.45, 2.75) is 27.2 Å². The monoisotopic (exact) mass is 463 g/mol. The second-order valence-corrected chi connectivity index (χ2v) is 9.45. The third kappa shape index (κ3) is 6.86. The summed E-state index contributed by atoms with van der Waals surface area (Å²) in [5.41, 5.74) is 2.42. The Kier molecular flexibility index (Phi) is 9.34. The SMILES string of the molecule is CCOc1ccc(CCNC(=O)CN(c2ccc(C)cc2)S(=O)(=O)N(C)C)cc1OCC. The quantitative estimate of drug-likeness (QED) is 0.523. The molecule has 8 nitrogen and oxygen atoms in total. The maximum atomic E-state index is 12.8. The average molecular weight is 464 g/mol. The van der Waals surface area contributed by atoms with Gasteiger partial charge < -0.3 is 14.8 Å². The molecule has 1 amide bonds. The minimum absolute atomic E-state index is 0.308. The number of hydrogen-bond donors (Lipinski definition) is 1. The van der Waals surface area contributed by atoms with Crippen molar-refractivity contribution in [3.63, 3.8) is 0 Å². The molecule has 0 aliphatic heterocycles. The Labute approximate surface area is 191 Å². The zero-order valence-corrected chi connectivity index (χ0v) is 20.2. The Balaban J connectivity index is 2.04. The predicted molar refractivity (Wildman–Crippen MR) is 127 cm³/mol. The number of ether oxygens (including phenoxy) is 2. The summed E-state index contributed by atoms with van der Waals surface area (Å²) in [6, 6.07) is 12.7. The fraction of sp³-hybridized carbons (Fsp3) is 0.435. The minimum Gasteiger partial charge on any atom is -0.490 e. The van der Waals surface area contributed by atoms with Crippen molar-refractivity contribution in [2.24, 2.45) is 0 Å². The lowest BCUT2D eigenvalue weighted by molar-refractivity contribution is -0.119. The van der Waals surface area contributed by atoms with Crippen LogP contribution in [-0.4, -0.2) is 59.0 Å². The van der Waals surface area contributed by atoms with Gasteiger partial charge in [-0.3, -0.25) is 4.79 Å². The van der Waals surface area contributed by atoms with E-state index in [-0.39, 0.29) is 12.5 Å². The predicted octanol–water partition coefficient (Wildman–Crippen LogP) is 2.76. The number of benzene rings is 2. The number of nitrogens with one attached hydrogen (secondary N) is 1. The molecular formula is C23H33N3O5S. The molecule has 9 heteroatoms. The fourth-order valence-corrected chi connectivity index (χ4v) is 4.06. The van der Waals surface area contributed by atoms with Crippen molar-refractivity contribution in [3.8, 4) is 11.5 Å². The van der Waals surface area contributed by atoms with Gasteiger partial charge >= 0.3 is 10.2 Å². The van der Waals surface area contributed by atoms with Crippen molar-refractivity contribution >= 4 is 21.8 Å². The van der Waals surface area contributed by atoms with Gasteiger partial charge in [0.05, 0.1) is 18.9 Å². The molecule has 176 valence electrons. The highest BCUT2D eigenvalue weighted by Gasteiger charge is 2.27. The zero-order chi connectivity index (χ0) is 23.7. The summed E-state index contributed by atoms with van der Waals surface area (Å²) in [4.78, 5) is 12.6. The van der Waals surface area contributed by atoms with Crippen LogP contribution < -0.4 is 19.1 Å². The summed E-state index contributed by atoms with van der Waals surface area (Å²) in [5, 5.41) is 2.81. The maximum Gasteiger partial charge on any atom is 0.304 e. The first-order valence-electron chi connectivity index (χ1n) is 10.6. The van der Waals surface area contributed by atoms with Gasteiger partial charge in [-0.1, -0.05) is 23.8 Å². The third-order valence-corrected chi connectivity index (χ3v) is 6.51. The van der Waals surface area contributed by atoms with E-state index in [4.69, 9.17) is 9.47 Å². The van der Waals surface area contributed by atoms with Gasteiger partial charge in [0.15, 0.2) is 11.5 Å². The molecule has 32 heavy (non-hydrogen) atoms. The summed E-state index contributed by atoms with van der Waals surface area (Å²) in [6.07, 6.45) is 0.573. The van der Waals surface area contributed by atoms with Crippen molar-refractivity contribution < 1.29 is 22.7 Å². The average Bonchev–Trinajstić information content (AvgIpc) is 2.74. The molecule has 0 saturated carbocycles. The number of rotatable bonds is 12. The summed E-state index contributed by atoms with van der Waals surface area (Å²) in [7, 11) is -0.942. The first-order chi connectivity index (χ1) is 15.2. The van der Waals surface area contributed by atoms with Crippen molar-refractivity contribution in [1.82, 2.24) is 9.62 Å². The summed E-state index contributed by atoms with van der Waals surface area (Å²) < 4.78 is 39.0. The second kappa shape index (κ2) is 11.7. The molecule has 0 aliphatic rings. The van der Waals surface area contributed by atoms with Crippen LogP contribution in [0.1, 0.15) is 25.0 Å². The van der Waals surface area contributed by atoms with Gasteiger partial charge in [-0.15, -0.1) is 0 Å². The molecule has 2 aromatic rings. The molecule has 2 rings (SSSR count). The van der Waals surface area contributed by atoms with Crippen LogP contribution in [0.5, 0.6) is 11.5 Å². The van der Waals surface area contributed by atoms with Crippen LogP contribution in [0.3, 0.4) is 0 Å². The minimum atomic E-state index is -3.82. The van der Waals surface area contributed by atoms with Gasteiger partial charge in [-0.2, -0.15) is 12.7 Å². The molecule has 0 radical (unpaired) electrons.